The minimum atomic E-state index is -1.01. The summed E-state index contributed by atoms with van der Waals surface area (Å²) in [6, 6.07) is 3.64. The van der Waals surface area contributed by atoms with Gasteiger partial charge < -0.3 is 15.7 Å². The van der Waals surface area contributed by atoms with E-state index in [1.54, 1.807) is 6.07 Å². The smallest absolute Gasteiger partial charge is 0.354 e. The van der Waals surface area contributed by atoms with Crippen molar-refractivity contribution in [2.45, 2.75) is 31.7 Å². The van der Waals surface area contributed by atoms with Crippen LogP contribution in [0.3, 0.4) is 0 Å². The Hall–Kier alpha value is -1.82. The fraction of sp³-hybridized carbons (Fsp3) is 0.600. The van der Waals surface area contributed by atoms with E-state index in [-0.39, 0.29) is 5.69 Å². The Labute approximate surface area is 124 Å². The number of carboxylic acids is 1. The highest BCUT2D eigenvalue weighted by atomic mass is 16.4. The molecule has 1 unspecified atom stereocenters. The highest BCUT2D eigenvalue weighted by molar-refractivity contribution is 5.87. The number of carboxylic acid groups (broad SMARTS) is 1. The van der Waals surface area contributed by atoms with E-state index in [2.05, 4.69) is 14.8 Å². The van der Waals surface area contributed by atoms with Crippen molar-refractivity contribution in [2.24, 2.45) is 0 Å². The average Bonchev–Trinajstić information content (AvgIpc) is 2.98. The molecule has 2 saturated heterocycles. The van der Waals surface area contributed by atoms with Crippen molar-refractivity contribution in [3.05, 3.63) is 17.8 Å². The van der Waals surface area contributed by atoms with Crippen molar-refractivity contribution < 1.29 is 9.90 Å². The van der Waals surface area contributed by atoms with Crippen LogP contribution in [-0.4, -0.2) is 53.2 Å². The van der Waals surface area contributed by atoms with Gasteiger partial charge in [-0.2, -0.15) is 0 Å². The zero-order valence-corrected chi connectivity index (χ0v) is 12.2. The molecule has 21 heavy (non-hydrogen) atoms. The molecule has 114 valence electrons. The largest absolute Gasteiger partial charge is 0.477 e. The number of anilines is 2. The monoisotopic (exact) mass is 290 g/mol. The number of aromatic carboxylic acids is 1. The summed E-state index contributed by atoms with van der Waals surface area (Å²) < 4.78 is 0. The molecule has 2 fully saturated rings. The zero-order chi connectivity index (χ0) is 14.8. The van der Waals surface area contributed by atoms with E-state index in [4.69, 9.17) is 10.8 Å². The van der Waals surface area contributed by atoms with Crippen molar-refractivity contribution >= 4 is 17.5 Å². The molecule has 1 atom stereocenters. The molecule has 0 bridgehead atoms. The Bertz CT molecular complexity index is 528. The highest BCUT2D eigenvalue weighted by Crippen LogP contribution is 2.27. The van der Waals surface area contributed by atoms with Gasteiger partial charge in [0.05, 0.1) is 5.69 Å². The van der Waals surface area contributed by atoms with Crippen LogP contribution in [0.4, 0.5) is 11.5 Å². The van der Waals surface area contributed by atoms with Crippen LogP contribution in [0.2, 0.25) is 0 Å². The number of nitrogens with zero attached hydrogens (tertiary/aromatic N) is 3. The van der Waals surface area contributed by atoms with Gasteiger partial charge in [-0.3, -0.25) is 4.90 Å². The van der Waals surface area contributed by atoms with Gasteiger partial charge in [-0.25, -0.2) is 9.78 Å². The van der Waals surface area contributed by atoms with Crippen LogP contribution in [-0.2, 0) is 0 Å². The maximum Gasteiger partial charge on any atom is 0.354 e. The van der Waals surface area contributed by atoms with E-state index in [1.807, 2.05) is 0 Å². The Morgan fingerprint density at radius 3 is 2.71 bits per heavy atom. The van der Waals surface area contributed by atoms with Crippen molar-refractivity contribution in [1.82, 2.24) is 9.88 Å². The lowest BCUT2D eigenvalue weighted by atomic mass is 10.1. The summed E-state index contributed by atoms with van der Waals surface area (Å²) in [6.07, 6.45) is 5.00. The molecule has 0 amide bonds. The number of carbonyl (C=O) groups is 1. The topological polar surface area (TPSA) is 82.7 Å². The first-order chi connectivity index (χ1) is 10.1. The van der Waals surface area contributed by atoms with Crippen LogP contribution in [0.15, 0.2) is 12.1 Å². The molecule has 6 heteroatoms. The van der Waals surface area contributed by atoms with E-state index < -0.39 is 5.97 Å². The number of nitrogen functional groups attached to an aromatic ring is 1. The first-order valence-electron chi connectivity index (χ1n) is 7.64. The Kier molecular flexibility index (Phi) is 3.96. The lowest BCUT2D eigenvalue weighted by Gasteiger charge is -2.32. The Balaban J connectivity index is 1.73. The van der Waals surface area contributed by atoms with Crippen LogP contribution in [0, 0.1) is 0 Å². The van der Waals surface area contributed by atoms with Gasteiger partial charge in [0.25, 0.3) is 0 Å². The minimum Gasteiger partial charge on any atom is -0.477 e. The van der Waals surface area contributed by atoms with Crippen molar-refractivity contribution in [3.63, 3.8) is 0 Å². The van der Waals surface area contributed by atoms with E-state index in [0.717, 1.165) is 19.5 Å². The number of nitrogens with two attached hydrogens (primary N) is 1. The molecule has 0 spiro atoms. The van der Waals surface area contributed by atoms with Crippen LogP contribution in [0.25, 0.3) is 0 Å². The molecule has 2 aliphatic rings. The van der Waals surface area contributed by atoms with E-state index in [1.165, 1.54) is 38.4 Å². The number of hydrogen-bond acceptors (Lipinski definition) is 5. The van der Waals surface area contributed by atoms with Crippen LogP contribution in [0.1, 0.15) is 36.2 Å². The van der Waals surface area contributed by atoms with Crippen molar-refractivity contribution in [3.8, 4) is 0 Å². The summed E-state index contributed by atoms with van der Waals surface area (Å²) in [7, 11) is 0. The van der Waals surface area contributed by atoms with Crippen LogP contribution >= 0.6 is 0 Å². The summed E-state index contributed by atoms with van der Waals surface area (Å²) in [5.41, 5.74) is 6.59. The quantitative estimate of drug-likeness (QED) is 0.876. The summed E-state index contributed by atoms with van der Waals surface area (Å²) in [5.74, 6) is -0.391. The van der Waals surface area contributed by atoms with E-state index >= 15 is 0 Å². The number of rotatable bonds is 3. The van der Waals surface area contributed by atoms with Crippen molar-refractivity contribution in [1.29, 1.82) is 0 Å². The van der Waals surface area contributed by atoms with Gasteiger partial charge in [-0.05, 0) is 44.5 Å². The van der Waals surface area contributed by atoms with Gasteiger partial charge in [0.1, 0.15) is 0 Å². The van der Waals surface area contributed by atoms with Crippen LogP contribution < -0.4 is 10.6 Å². The minimum absolute atomic E-state index is 0.0561. The molecule has 3 heterocycles. The third-order valence-corrected chi connectivity index (χ3v) is 4.49. The second kappa shape index (κ2) is 5.89. The lowest BCUT2D eigenvalue weighted by Crippen LogP contribution is -2.41. The summed E-state index contributed by atoms with van der Waals surface area (Å²) in [5, 5.41) is 9.07. The van der Waals surface area contributed by atoms with Crippen LogP contribution in [0.5, 0.6) is 0 Å². The predicted molar refractivity (Wildman–Crippen MR) is 81.7 cm³/mol. The van der Waals surface area contributed by atoms with E-state index in [9.17, 15) is 4.79 Å². The molecule has 1 aromatic heterocycles. The molecule has 3 N–H and O–H groups in total. The first kappa shape index (κ1) is 14.1. The molecule has 3 rings (SSSR count). The third kappa shape index (κ3) is 2.95. The fourth-order valence-electron chi connectivity index (χ4n) is 3.35. The second-order valence-electron chi connectivity index (χ2n) is 5.90. The maximum absolute atomic E-state index is 11.1. The number of hydrogen-bond donors (Lipinski definition) is 2. The van der Waals surface area contributed by atoms with Gasteiger partial charge in [0, 0.05) is 19.1 Å². The number of aromatic nitrogens is 1. The standard InChI is InChI=1S/C15H22N4O2/c16-12-4-5-13(15(20)21)17-14(12)19-9-6-11(10-19)18-7-2-1-3-8-18/h4-5,11H,1-3,6-10,16H2,(H,20,21). The Morgan fingerprint density at radius 2 is 2.00 bits per heavy atom. The molecule has 6 nitrogen and oxygen atoms in total. The molecule has 1 aromatic rings. The highest BCUT2D eigenvalue weighted by Gasteiger charge is 2.30. The average molecular weight is 290 g/mol. The molecule has 0 radical (unpaired) electrons. The van der Waals surface area contributed by atoms with Crippen molar-refractivity contribution in [2.75, 3.05) is 36.8 Å². The fourth-order valence-corrected chi connectivity index (χ4v) is 3.35. The second-order valence-corrected chi connectivity index (χ2v) is 5.90. The number of likely N-dealkylation sites (tertiary alicyclic amines) is 1. The van der Waals surface area contributed by atoms with Gasteiger partial charge in [-0.1, -0.05) is 6.42 Å². The molecule has 0 saturated carbocycles. The summed E-state index contributed by atoms with van der Waals surface area (Å²) in [6.45, 7) is 4.13. The number of piperidine rings is 1. The number of pyridine rings is 1. The van der Waals surface area contributed by atoms with Gasteiger partial charge in [0.15, 0.2) is 11.5 Å². The normalized spacial score (nSPS) is 23.4. The van der Waals surface area contributed by atoms with Gasteiger partial charge in [-0.15, -0.1) is 0 Å². The predicted octanol–water partition coefficient (Wildman–Crippen LogP) is 1.43. The molecular formula is C15H22N4O2. The summed E-state index contributed by atoms with van der Waals surface area (Å²) in [4.78, 5) is 20.0. The lowest BCUT2D eigenvalue weighted by molar-refractivity contribution is 0.0690. The summed E-state index contributed by atoms with van der Waals surface area (Å²) >= 11 is 0. The molecule has 0 aromatic carbocycles. The van der Waals surface area contributed by atoms with Gasteiger partial charge in [0.2, 0.25) is 0 Å². The van der Waals surface area contributed by atoms with E-state index in [0.29, 0.717) is 17.5 Å². The SMILES string of the molecule is Nc1ccc(C(=O)O)nc1N1CCC(N2CCCCC2)C1. The molecular weight excluding hydrogens is 268 g/mol. The Morgan fingerprint density at radius 1 is 1.24 bits per heavy atom. The first-order valence-corrected chi connectivity index (χ1v) is 7.64. The van der Waals surface area contributed by atoms with Gasteiger partial charge >= 0.3 is 5.97 Å². The third-order valence-electron chi connectivity index (χ3n) is 4.49. The molecule has 2 aliphatic heterocycles. The zero-order valence-electron chi connectivity index (χ0n) is 12.2. The molecule has 0 aliphatic carbocycles. The maximum atomic E-state index is 11.1.